The molecule has 1 saturated heterocycles. The number of carbonyl (C=O) groups is 2. The van der Waals surface area contributed by atoms with Crippen LogP contribution in [-0.4, -0.2) is 86.2 Å². The van der Waals surface area contributed by atoms with E-state index in [4.69, 9.17) is 19.5 Å². The second kappa shape index (κ2) is 9.41. The molecule has 0 aromatic heterocycles. The van der Waals surface area contributed by atoms with Crippen molar-refractivity contribution in [1.82, 2.24) is 14.7 Å². The van der Waals surface area contributed by atoms with Crippen LogP contribution in [0.3, 0.4) is 0 Å². The van der Waals surface area contributed by atoms with Crippen LogP contribution in [0, 0.1) is 11.3 Å². The van der Waals surface area contributed by atoms with E-state index in [0.717, 1.165) is 25.2 Å². The number of hydrogen-bond donors (Lipinski definition) is 0. The van der Waals surface area contributed by atoms with Gasteiger partial charge in [0, 0.05) is 52.7 Å². The van der Waals surface area contributed by atoms with Crippen molar-refractivity contribution in [2.75, 3.05) is 59.7 Å². The van der Waals surface area contributed by atoms with Crippen LogP contribution in [0.4, 0.5) is 0 Å². The second-order valence-corrected chi connectivity index (χ2v) is 7.37. The molecule has 1 aromatic carbocycles. The lowest BCUT2D eigenvalue weighted by Crippen LogP contribution is -2.50. The van der Waals surface area contributed by atoms with E-state index in [1.165, 1.54) is 0 Å². The Hall–Kier alpha value is -2.70. The molecule has 9 nitrogen and oxygen atoms in total. The highest BCUT2D eigenvalue weighted by Crippen LogP contribution is 2.46. The van der Waals surface area contributed by atoms with E-state index in [0.29, 0.717) is 55.3 Å². The maximum absolute atomic E-state index is 12.7. The van der Waals surface area contributed by atoms with Gasteiger partial charge in [-0.3, -0.25) is 14.5 Å². The summed E-state index contributed by atoms with van der Waals surface area (Å²) >= 11 is 0. The third-order valence-corrected chi connectivity index (χ3v) is 5.58. The number of rotatable bonds is 5. The first-order valence-electron chi connectivity index (χ1n) is 9.79. The average Bonchev–Trinajstić information content (AvgIpc) is 3.21. The monoisotopic (exact) mass is 436 g/mol. The van der Waals surface area contributed by atoms with Gasteiger partial charge in [0.15, 0.2) is 18.1 Å². The Morgan fingerprint density at radius 3 is 2.73 bits per heavy atom. The van der Waals surface area contributed by atoms with Crippen LogP contribution in [0.2, 0.25) is 0 Å². The molecule has 2 amide bonds. The predicted octanol–water partition coefficient (Wildman–Crippen LogP) is 0.902. The van der Waals surface area contributed by atoms with E-state index < -0.39 is 0 Å². The Balaban J connectivity index is 0.00000256. The highest BCUT2D eigenvalue weighted by Gasteiger charge is 2.33. The lowest BCUT2D eigenvalue weighted by Gasteiger charge is -2.34. The number of likely N-dealkylation sites (N-methyl/N-ethyl adjacent to an activating group) is 1. The van der Waals surface area contributed by atoms with Crippen molar-refractivity contribution in [3.63, 3.8) is 0 Å². The van der Waals surface area contributed by atoms with Crippen molar-refractivity contribution < 1.29 is 23.8 Å². The highest BCUT2D eigenvalue weighted by atomic mass is 35.5. The summed E-state index contributed by atoms with van der Waals surface area (Å²) in [5.41, 5.74) is 1.31. The van der Waals surface area contributed by atoms with Gasteiger partial charge in [-0.25, -0.2) is 0 Å². The molecular formula is C20H25ClN4O5. The first-order valence-corrected chi connectivity index (χ1v) is 9.79. The van der Waals surface area contributed by atoms with Crippen LogP contribution in [0.25, 0.3) is 0 Å². The molecule has 3 aliphatic rings. The summed E-state index contributed by atoms with van der Waals surface area (Å²) in [5.74, 6) is 0.966. The Bertz CT molecular complexity index is 864. The van der Waals surface area contributed by atoms with Gasteiger partial charge in [0.25, 0.3) is 11.8 Å². The zero-order valence-corrected chi connectivity index (χ0v) is 17.7. The Kier molecular flexibility index (Phi) is 6.90. The van der Waals surface area contributed by atoms with Crippen molar-refractivity contribution in [3.8, 4) is 23.3 Å². The minimum absolute atomic E-state index is 0. The summed E-state index contributed by atoms with van der Waals surface area (Å²) in [6.07, 6.45) is 1.19. The van der Waals surface area contributed by atoms with Gasteiger partial charge in [0.05, 0.1) is 11.6 Å². The van der Waals surface area contributed by atoms with E-state index in [1.807, 2.05) is 6.07 Å². The number of nitrogens with zero attached hydrogens (tertiary/aromatic N) is 4. The minimum atomic E-state index is -0.165. The van der Waals surface area contributed by atoms with Gasteiger partial charge in [-0.1, -0.05) is 0 Å². The van der Waals surface area contributed by atoms with Crippen molar-refractivity contribution in [2.45, 2.75) is 12.8 Å². The molecule has 1 fully saturated rings. The van der Waals surface area contributed by atoms with Crippen LogP contribution < -0.4 is 14.2 Å². The van der Waals surface area contributed by atoms with E-state index in [9.17, 15) is 9.59 Å². The average molecular weight is 437 g/mol. The second-order valence-electron chi connectivity index (χ2n) is 7.37. The molecule has 0 atom stereocenters. The minimum Gasteiger partial charge on any atom is -0.479 e. The quantitative estimate of drug-likeness (QED) is 0.676. The third-order valence-electron chi connectivity index (χ3n) is 5.58. The first-order chi connectivity index (χ1) is 14.1. The van der Waals surface area contributed by atoms with E-state index in [-0.39, 0.29) is 37.6 Å². The molecule has 4 rings (SSSR count). The molecule has 162 valence electrons. The van der Waals surface area contributed by atoms with Gasteiger partial charge in [0.2, 0.25) is 12.5 Å². The fourth-order valence-electron chi connectivity index (χ4n) is 3.87. The fourth-order valence-corrected chi connectivity index (χ4v) is 3.87. The van der Waals surface area contributed by atoms with Crippen LogP contribution >= 0.6 is 12.4 Å². The normalized spacial score (nSPS) is 17.8. The van der Waals surface area contributed by atoms with Gasteiger partial charge in [-0.05, 0) is 18.1 Å². The maximum atomic E-state index is 12.7. The zero-order valence-electron chi connectivity index (χ0n) is 16.9. The largest absolute Gasteiger partial charge is 0.479 e. The van der Waals surface area contributed by atoms with Crippen molar-refractivity contribution in [1.29, 1.82) is 5.26 Å². The number of halogens is 1. The van der Waals surface area contributed by atoms with Crippen LogP contribution in [0.15, 0.2) is 6.07 Å². The fraction of sp³-hybridized carbons (Fsp3) is 0.550. The van der Waals surface area contributed by atoms with Gasteiger partial charge >= 0.3 is 0 Å². The van der Waals surface area contributed by atoms with E-state index >= 15 is 0 Å². The number of benzene rings is 1. The number of amides is 2. The first kappa shape index (κ1) is 22.0. The number of nitriles is 1. The van der Waals surface area contributed by atoms with E-state index in [1.54, 1.807) is 16.8 Å². The molecule has 10 heteroatoms. The van der Waals surface area contributed by atoms with Crippen LogP contribution in [-0.2, 0) is 11.2 Å². The molecule has 0 N–H and O–H groups in total. The van der Waals surface area contributed by atoms with Crippen LogP contribution in [0.5, 0.6) is 17.2 Å². The van der Waals surface area contributed by atoms with Crippen LogP contribution in [0.1, 0.15) is 22.3 Å². The standard InChI is InChI=1S/C20H24N4O5.ClH/c1-22-6-3-14-11-15-18(29-13-28-15)19(17(14)20(22)26)27-12-16(25)24-9-7-23(8-10-24)5-2-4-21;/h11H,2-3,5-10,12-13H2,1H3;1H. The van der Waals surface area contributed by atoms with Gasteiger partial charge in [-0.15, -0.1) is 12.4 Å². The SMILES string of the molecule is CN1CCc2cc3c(c(OCC(=O)N4CCN(CCC#N)CC4)c2C1=O)OCO3.Cl. The summed E-state index contributed by atoms with van der Waals surface area (Å²) in [7, 11) is 1.75. The number of hydrogen-bond acceptors (Lipinski definition) is 7. The molecule has 1 aromatic rings. The Labute approximate surface area is 181 Å². The molecule has 0 aliphatic carbocycles. The summed E-state index contributed by atoms with van der Waals surface area (Å²) in [5, 5.41) is 8.70. The van der Waals surface area contributed by atoms with Gasteiger partial charge in [-0.2, -0.15) is 5.26 Å². The predicted molar refractivity (Wildman–Crippen MR) is 109 cm³/mol. The molecular weight excluding hydrogens is 412 g/mol. The highest BCUT2D eigenvalue weighted by molar-refractivity contribution is 6.01. The Morgan fingerprint density at radius 1 is 1.23 bits per heavy atom. The number of fused-ring (bicyclic) bond motifs is 2. The summed E-state index contributed by atoms with van der Waals surface area (Å²) < 4.78 is 16.9. The van der Waals surface area contributed by atoms with Crippen molar-refractivity contribution in [2.24, 2.45) is 0 Å². The van der Waals surface area contributed by atoms with Crippen molar-refractivity contribution >= 4 is 24.2 Å². The molecule has 0 saturated carbocycles. The number of ether oxygens (including phenoxy) is 3. The molecule has 0 unspecified atom stereocenters. The smallest absolute Gasteiger partial charge is 0.260 e. The molecule has 0 bridgehead atoms. The molecule has 3 heterocycles. The number of carbonyl (C=O) groups excluding carboxylic acids is 2. The summed E-state index contributed by atoms with van der Waals surface area (Å²) in [6, 6.07) is 3.98. The maximum Gasteiger partial charge on any atom is 0.260 e. The molecule has 3 aliphatic heterocycles. The van der Waals surface area contributed by atoms with Gasteiger partial charge in [0.1, 0.15) is 0 Å². The topological polar surface area (TPSA) is 95.3 Å². The third kappa shape index (κ3) is 4.25. The van der Waals surface area contributed by atoms with Gasteiger partial charge < -0.3 is 24.0 Å². The molecule has 0 spiro atoms. The summed E-state index contributed by atoms with van der Waals surface area (Å²) in [6.45, 7) is 3.93. The van der Waals surface area contributed by atoms with Crippen molar-refractivity contribution in [3.05, 3.63) is 17.2 Å². The summed E-state index contributed by atoms with van der Waals surface area (Å²) in [4.78, 5) is 31.0. The number of piperazine rings is 1. The van der Waals surface area contributed by atoms with E-state index in [2.05, 4.69) is 11.0 Å². The molecule has 0 radical (unpaired) electrons. The zero-order chi connectivity index (χ0) is 20.4. The Morgan fingerprint density at radius 2 is 2.00 bits per heavy atom. The lowest BCUT2D eigenvalue weighted by molar-refractivity contribution is -0.135. The molecule has 30 heavy (non-hydrogen) atoms. The lowest BCUT2D eigenvalue weighted by atomic mass is 9.97.